The summed E-state index contributed by atoms with van der Waals surface area (Å²) >= 11 is 0. The second kappa shape index (κ2) is 7.95. The molecule has 1 amide bonds. The minimum Gasteiger partial charge on any atom is -0.355 e. The van der Waals surface area contributed by atoms with E-state index in [0.29, 0.717) is 12.6 Å². The molecule has 130 valence electrons. The molecule has 0 spiro atoms. The van der Waals surface area contributed by atoms with Gasteiger partial charge in [0.25, 0.3) is 0 Å². The van der Waals surface area contributed by atoms with Crippen molar-refractivity contribution in [2.24, 2.45) is 5.92 Å². The van der Waals surface area contributed by atoms with Gasteiger partial charge in [0.1, 0.15) is 0 Å². The lowest BCUT2D eigenvalue weighted by Crippen LogP contribution is -2.45. The molecule has 1 aromatic rings. The monoisotopic (exact) mass is 320 g/mol. The van der Waals surface area contributed by atoms with Gasteiger partial charge in [-0.05, 0) is 66.0 Å². The molecular formula is C18H32N4O. The molecule has 23 heavy (non-hydrogen) atoms. The van der Waals surface area contributed by atoms with Gasteiger partial charge >= 0.3 is 0 Å². The van der Waals surface area contributed by atoms with E-state index in [4.69, 9.17) is 0 Å². The Balaban J connectivity index is 1.84. The number of carbonyl (C=O) groups excluding carboxylic acids is 1. The smallest absolute Gasteiger partial charge is 0.224 e. The van der Waals surface area contributed by atoms with Crippen LogP contribution in [0.4, 0.5) is 0 Å². The first-order chi connectivity index (χ1) is 10.9. The maximum Gasteiger partial charge on any atom is 0.224 e. The van der Waals surface area contributed by atoms with Gasteiger partial charge in [0.2, 0.25) is 5.91 Å². The van der Waals surface area contributed by atoms with Crippen molar-refractivity contribution in [3.05, 3.63) is 17.0 Å². The molecule has 0 aromatic carbocycles. The molecule has 0 bridgehead atoms. The van der Waals surface area contributed by atoms with Crippen LogP contribution in [-0.2, 0) is 17.8 Å². The summed E-state index contributed by atoms with van der Waals surface area (Å²) in [6.07, 6.45) is 3.00. The van der Waals surface area contributed by atoms with Gasteiger partial charge in [0.15, 0.2) is 0 Å². The lowest BCUT2D eigenvalue weighted by atomic mass is 9.96. The quantitative estimate of drug-likeness (QED) is 0.875. The van der Waals surface area contributed by atoms with Crippen LogP contribution >= 0.6 is 0 Å². The van der Waals surface area contributed by atoms with Gasteiger partial charge in [0.05, 0.1) is 11.6 Å². The number of amides is 1. The van der Waals surface area contributed by atoms with Gasteiger partial charge in [-0.2, -0.15) is 5.10 Å². The molecule has 1 aromatic heterocycles. The summed E-state index contributed by atoms with van der Waals surface area (Å²) in [6.45, 7) is 14.3. The van der Waals surface area contributed by atoms with Crippen LogP contribution < -0.4 is 5.32 Å². The number of aryl methyl sites for hydroxylation is 2. The summed E-state index contributed by atoms with van der Waals surface area (Å²) in [4.78, 5) is 14.8. The summed E-state index contributed by atoms with van der Waals surface area (Å²) in [5.74, 6) is 0.361. The lowest BCUT2D eigenvalue weighted by molar-refractivity contribution is -0.126. The number of piperidine rings is 1. The van der Waals surface area contributed by atoms with E-state index >= 15 is 0 Å². The molecule has 5 heteroatoms. The van der Waals surface area contributed by atoms with Crippen molar-refractivity contribution in [2.45, 2.75) is 66.5 Å². The van der Waals surface area contributed by atoms with Gasteiger partial charge in [0, 0.05) is 31.4 Å². The van der Waals surface area contributed by atoms with Crippen LogP contribution in [0.25, 0.3) is 0 Å². The number of hydrogen-bond donors (Lipinski definition) is 1. The lowest BCUT2D eigenvalue weighted by Gasteiger charge is -2.34. The summed E-state index contributed by atoms with van der Waals surface area (Å²) in [5, 5.41) is 7.68. The standard InChI is InChI=1S/C18H32N4O/c1-6-22-15(5)17(14(4)20-22)9-10-19-18(23)16-8-7-11-21(12-16)13(2)3/h13,16H,6-12H2,1-5H3,(H,19,23)/t16-/m0/s1. The molecule has 5 nitrogen and oxygen atoms in total. The fourth-order valence-corrected chi connectivity index (χ4v) is 3.55. The summed E-state index contributed by atoms with van der Waals surface area (Å²) < 4.78 is 2.04. The number of likely N-dealkylation sites (tertiary alicyclic amines) is 1. The van der Waals surface area contributed by atoms with Crippen molar-refractivity contribution in [1.82, 2.24) is 20.0 Å². The Labute approximate surface area is 140 Å². The molecule has 1 saturated heterocycles. The Morgan fingerprint density at radius 2 is 2.13 bits per heavy atom. The molecule has 0 aliphatic carbocycles. The zero-order valence-corrected chi connectivity index (χ0v) is 15.4. The number of carbonyl (C=O) groups is 1. The molecule has 2 heterocycles. The van der Waals surface area contributed by atoms with E-state index in [9.17, 15) is 4.79 Å². The maximum atomic E-state index is 12.4. The van der Waals surface area contributed by atoms with Crippen LogP contribution in [0.2, 0.25) is 0 Å². The van der Waals surface area contributed by atoms with E-state index in [-0.39, 0.29) is 11.8 Å². The van der Waals surface area contributed by atoms with Crippen LogP contribution in [-0.4, -0.2) is 46.3 Å². The number of hydrogen-bond acceptors (Lipinski definition) is 3. The highest BCUT2D eigenvalue weighted by molar-refractivity contribution is 5.79. The molecule has 0 saturated carbocycles. The highest BCUT2D eigenvalue weighted by atomic mass is 16.1. The molecule has 1 fully saturated rings. The van der Waals surface area contributed by atoms with Gasteiger partial charge in [-0.1, -0.05) is 0 Å². The molecule has 2 rings (SSSR count). The molecular weight excluding hydrogens is 288 g/mol. The second-order valence-corrected chi connectivity index (χ2v) is 6.93. The van der Waals surface area contributed by atoms with E-state index in [1.165, 1.54) is 11.3 Å². The minimum absolute atomic E-state index is 0.145. The maximum absolute atomic E-state index is 12.4. The topological polar surface area (TPSA) is 50.2 Å². The predicted octanol–water partition coefficient (Wildman–Crippen LogP) is 2.30. The fourth-order valence-electron chi connectivity index (χ4n) is 3.55. The van der Waals surface area contributed by atoms with Crippen LogP contribution in [0.1, 0.15) is 50.6 Å². The number of aromatic nitrogens is 2. The van der Waals surface area contributed by atoms with Gasteiger partial charge in [-0.25, -0.2) is 0 Å². The Morgan fingerprint density at radius 1 is 1.39 bits per heavy atom. The normalized spacial score (nSPS) is 19.3. The van der Waals surface area contributed by atoms with Crippen molar-refractivity contribution in [1.29, 1.82) is 0 Å². The van der Waals surface area contributed by atoms with E-state index in [1.807, 2.05) is 4.68 Å². The third kappa shape index (κ3) is 4.34. The first-order valence-corrected chi connectivity index (χ1v) is 8.98. The number of nitrogens with one attached hydrogen (secondary N) is 1. The van der Waals surface area contributed by atoms with E-state index in [0.717, 1.165) is 44.6 Å². The van der Waals surface area contributed by atoms with Crippen molar-refractivity contribution in [3.8, 4) is 0 Å². The first kappa shape index (κ1) is 18.0. The molecule has 0 unspecified atom stereocenters. The first-order valence-electron chi connectivity index (χ1n) is 8.98. The van der Waals surface area contributed by atoms with Crippen LogP contribution in [0.5, 0.6) is 0 Å². The number of nitrogens with zero attached hydrogens (tertiary/aromatic N) is 3. The van der Waals surface area contributed by atoms with Crippen LogP contribution in [0, 0.1) is 19.8 Å². The Bertz CT molecular complexity index is 535. The second-order valence-electron chi connectivity index (χ2n) is 6.93. The molecule has 1 atom stereocenters. The molecule has 1 N–H and O–H groups in total. The van der Waals surface area contributed by atoms with E-state index in [1.54, 1.807) is 0 Å². The van der Waals surface area contributed by atoms with Gasteiger partial charge in [-0.3, -0.25) is 9.48 Å². The third-order valence-electron chi connectivity index (χ3n) is 5.06. The van der Waals surface area contributed by atoms with Crippen molar-refractivity contribution >= 4 is 5.91 Å². The van der Waals surface area contributed by atoms with Crippen LogP contribution in [0.15, 0.2) is 0 Å². The van der Waals surface area contributed by atoms with Crippen LogP contribution in [0.3, 0.4) is 0 Å². The SMILES string of the molecule is CCn1nc(C)c(CCNC(=O)[C@H]2CCCN(C(C)C)C2)c1C. The summed E-state index contributed by atoms with van der Waals surface area (Å²) in [5.41, 5.74) is 3.59. The van der Waals surface area contributed by atoms with Crippen molar-refractivity contribution in [2.75, 3.05) is 19.6 Å². The van der Waals surface area contributed by atoms with Gasteiger partial charge < -0.3 is 10.2 Å². The zero-order chi connectivity index (χ0) is 17.0. The largest absolute Gasteiger partial charge is 0.355 e. The highest BCUT2D eigenvalue weighted by Gasteiger charge is 2.26. The fraction of sp³-hybridized carbons (Fsp3) is 0.778. The Morgan fingerprint density at radius 3 is 2.74 bits per heavy atom. The minimum atomic E-state index is 0.145. The molecule has 1 aliphatic heterocycles. The Kier molecular flexibility index (Phi) is 6.22. The van der Waals surface area contributed by atoms with Gasteiger partial charge in [-0.15, -0.1) is 0 Å². The third-order valence-corrected chi connectivity index (χ3v) is 5.06. The number of rotatable bonds is 6. The summed E-state index contributed by atoms with van der Waals surface area (Å²) in [7, 11) is 0. The van der Waals surface area contributed by atoms with E-state index < -0.39 is 0 Å². The predicted molar refractivity (Wildman–Crippen MR) is 93.5 cm³/mol. The summed E-state index contributed by atoms with van der Waals surface area (Å²) in [6, 6.07) is 0.524. The molecule has 1 aliphatic rings. The highest BCUT2D eigenvalue weighted by Crippen LogP contribution is 2.19. The van der Waals surface area contributed by atoms with Crippen molar-refractivity contribution in [3.63, 3.8) is 0 Å². The average Bonchev–Trinajstić information content (AvgIpc) is 2.82. The van der Waals surface area contributed by atoms with E-state index in [2.05, 4.69) is 49.9 Å². The van der Waals surface area contributed by atoms with Crippen molar-refractivity contribution < 1.29 is 4.79 Å². The Hall–Kier alpha value is -1.36. The average molecular weight is 320 g/mol. The zero-order valence-electron chi connectivity index (χ0n) is 15.4. The molecule has 0 radical (unpaired) electrons.